The van der Waals surface area contributed by atoms with Gasteiger partial charge in [0.15, 0.2) is 5.79 Å². The van der Waals surface area contributed by atoms with E-state index < -0.39 is 5.79 Å². The van der Waals surface area contributed by atoms with E-state index in [0.717, 1.165) is 25.7 Å². The summed E-state index contributed by atoms with van der Waals surface area (Å²) in [5.74, 6) is 0.374. The van der Waals surface area contributed by atoms with E-state index in [-0.39, 0.29) is 0 Å². The maximum atomic E-state index is 5.94. The number of hydrogen-bond acceptors (Lipinski definition) is 2. The maximum absolute atomic E-state index is 5.94. The maximum Gasteiger partial charge on any atom is 0.174 e. The average Bonchev–Trinajstić information content (AvgIpc) is 2.63. The van der Waals surface area contributed by atoms with Crippen molar-refractivity contribution in [1.29, 1.82) is 0 Å². The van der Waals surface area contributed by atoms with Crippen molar-refractivity contribution < 1.29 is 9.47 Å². The molecule has 0 bridgehead atoms. The first-order valence-electron chi connectivity index (χ1n) is 8.53. The molecule has 0 fully saturated rings. The van der Waals surface area contributed by atoms with Crippen LogP contribution in [0.3, 0.4) is 0 Å². The van der Waals surface area contributed by atoms with E-state index in [1.54, 1.807) is 14.2 Å². The monoisotopic (exact) mass is 308 g/mol. The van der Waals surface area contributed by atoms with Crippen LogP contribution in [0.4, 0.5) is 0 Å². The van der Waals surface area contributed by atoms with E-state index in [9.17, 15) is 0 Å². The Labute approximate surface area is 138 Å². The molecule has 0 aliphatic heterocycles. The second kappa shape index (κ2) is 5.77. The molecule has 2 nitrogen and oxygen atoms in total. The number of benzene rings is 2. The minimum absolute atomic E-state index is 0.316. The van der Waals surface area contributed by atoms with Crippen molar-refractivity contribution in [2.45, 2.75) is 43.3 Å². The molecule has 23 heavy (non-hydrogen) atoms. The van der Waals surface area contributed by atoms with Gasteiger partial charge in [-0.25, -0.2) is 0 Å². The second-order valence-corrected chi connectivity index (χ2v) is 6.81. The summed E-state index contributed by atoms with van der Waals surface area (Å²) < 4.78 is 11.9. The van der Waals surface area contributed by atoms with Crippen molar-refractivity contribution in [2.75, 3.05) is 14.2 Å². The molecule has 2 atom stereocenters. The van der Waals surface area contributed by atoms with E-state index >= 15 is 0 Å². The van der Waals surface area contributed by atoms with Crippen molar-refractivity contribution in [3.63, 3.8) is 0 Å². The molecule has 0 heterocycles. The Hall–Kier alpha value is -1.64. The van der Waals surface area contributed by atoms with Crippen molar-refractivity contribution >= 4 is 0 Å². The van der Waals surface area contributed by atoms with Gasteiger partial charge in [0, 0.05) is 26.6 Å². The highest BCUT2D eigenvalue weighted by Crippen LogP contribution is 2.51. The minimum atomic E-state index is -0.476. The summed E-state index contributed by atoms with van der Waals surface area (Å²) in [5.41, 5.74) is 5.89. The molecule has 0 N–H and O–H groups in total. The summed E-state index contributed by atoms with van der Waals surface area (Å²) in [6, 6.07) is 17.7. The van der Waals surface area contributed by atoms with Crippen LogP contribution < -0.4 is 0 Å². The fourth-order valence-electron chi connectivity index (χ4n) is 4.69. The lowest BCUT2D eigenvalue weighted by atomic mass is 9.66. The molecule has 0 radical (unpaired) electrons. The van der Waals surface area contributed by atoms with Gasteiger partial charge in [-0.1, -0.05) is 48.5 Å². The fourth-order valence-corrected chi connectivity index (χ4v) is 4.69. The van der Waals surface area contributed by atoms with Crippen molar-refractivity contribution in [2.24, 2.45) is 0 Å². The lowest BCUT2D eigenvalue weighted by Gasteiger charge is -2.47. The van der Waals surface area contributed by atoms with Crippen molar-refractivity contribution in [1.82, 2.24) is 0 Å². The van der Waals surface area contributed by atoms with Gasteiger partial charge < -0.3 is 9.47 Å². The minimum Gasteiger partial charge on any atom is -0.353 e. The highest BCUT2D eigenvalue weighted by molar-refractivity contribution is 5.45. The molecule has 2 aromatic rings. The van der Waals surface area contributed by atoms with Gasteiger partial charge in [0.1, 0.15) is 0 Å². The predicted octanol–water partition coefficient (Wildman–Crippen LogP) is 4.44. The zero-order chi connectivity index (χ0) is 15.9. The van der Waals surface area contributed by atoms with Gasteiger partial charge in [-0.15, -0.1) is 0 Å². The van der Waals surface area contributed by atoms with E-state index in [2.05, 4.69) is 48.5 Å². The Morgan fingerprint density at radius 2 is 1.65 bits per heavy atom. The van der Waals surface area contributed by atoms with Crippen LogP contribution in [-0.2, 0) is 22.3 Å². The summed E-state index contributed by atoms with van der Waals surface area (Å²) in [5, 5.41) is 0. The second-order valence-electron chi connectivity index (χ2n) is 6.81. The van der Waals surface area contributed by atoms with Gasteiger partial charge in [0.2, 0.25) is 0 Å². The van der Waals surface area contributed by atoms with Crippen molar-refractivity contribution in [3.05, 3.63) is 70.8 Å². The van der Waals surface area contributed by atoms with Crippen molar-refractivity contribution in [3.8, 4) is 0 Å². The van der Waals surface area contributed by atoms with Crippen LogP contribution in [0.15, 0.2) is 48.5 Å². The lowest BCUT2D eigenvalue weighted by molar-refractivity contribution is -0.231. The van der Waals surface area contributed by atoms with Crippen LogP contribution in [0.2, 0.25) is 0 Å². The van der Waals surface area contributed by atoms with Gasteiger partial charge in [-0.05, 0) is 47.4 Å². The molecule has 2 aliphatic rings. The summed E-state index contributed by atoms with van der Waals surface area (Å²) in [6.45, 7) is 0. The van der Waals surface area contributed by atoms with Gasteiger partial charge in [0.05, 0.1) is 0 Å². The van der Waals surface area contributed by atoms with Crippen LogP contribution in [0.25, 0.3) is 0 Å². The smallest absolute Gasteiger partial charge is 0.174 e. The number of ether oxygens (including phenoxy) is 2. The first-order chi connectivity index (χ1) is 11.3. The fraction of sp³-hybridized carbons (Fsp3) is 0.429. The third-order valence-corrected chi connectivity index (χ3v) is 5.86. The quantitative estimate of drug-likeness (QED) is 0.781. The number of rotatable bonds is 3. The van der Waals surface area contributed by atoms with Crippen LogP contribution in [0.1, 0.15) is 46.9 Å². The molecule has 0 aromatic heterocycles. The van der Waals surface area contributed by atoms with Crippen LogP contribution in [0, 0.1) is 0 Å². The molecule has 2 aromatic carbocycles. The highest BCUT2D eigenvalue weighted by Gasteiger charge is 2.47. The number of aryl methyl sites for hydroxylation is 1. The van der Waals surface area contributed by atoms with Gasteiger partial charge >= 0.3 is 0 Å². The largest absolute Gasteiger partial charge is 0.353 e. The third kappa shape index (κ3) is 2.32. The van der Waals surface area contributed by atoms with E-state index in [4.69, 9.17) is 9.47 Å². The van der Waals surface area contributed by atoms with Gasteiger partial charge in [-0.3, -0.25) is 0 Å². The van der Waals surface area contributed by atoms with Gasteiger partial charge in [-0.2, -0.15) is 0 Å². The first kappa shape index (κ1) is 14.9. The SMILES string of the molecule is COC1(OC)CCc2cccc3c2C1CC(c1ccccc1)C3. The number of hydrogen-bond donors (Lipinski definition) is 0. The highest BCUT2D eigenvalue weighted by atomic mass is 16.7. The zero-order valence-electron chi connectivity index (χ0n) is 13.9. The Balaban J connectivity index is 1.81. The zero-order valence-corrected chi connectivity index (χ0v) is 13.9. The molecule has 4 rings (SSSR count). The molecule has 2 heteroatoms. The molecular formula is C21H24O2. The Morgan fingerprint density at radius 1 is 0.913 bits per heavy atom. The lowest BCUT2D eigenvalue weighted by Crippen LogP contribution is -2.46. The Bertz CT molecular complexity index is 688. The van der Waals surface area contributed by atoms with E-state index in [1.807, 2.05) is 0 Å². The van der Waals surface area contributed by atoms with Crippen LogP contribution >= 0.6 is 0 Å². The summed E-state index contributed by atoms with van der Waals surface area (Å²) in [4.78, 5) is 0. The van der Waals surface area contributed by atoms with Gasteiger partial charge in [0.25, 0.3) is 0 Å². The predicted molar refractivity (Wildman–Crippen MR) is 91.8 cm³/mol. The summed E-state index contributed by atoms with van der Waals surface area (Å²) in [6.07, 6.45) is 4.18. The van der Waals surface area contributed by atoms with Crippen LogP contribution in [0.5, 0.6) is 0 Å². The van der Waals surface area contributed by atoms with Crippen LogP contribution in [-0.4, -0.2) is 20.0 Å². The molecule has 120 valence electrons. The van der Waals surface area contributed by atoms with E-state index in [0.29, 0.717) is 11.8 Å². The molecule has 2 aliphatic carbocycles. The molecule has 0 saturated carbocycles. The standard InChI is InChI=1S/C21H24O2/c1-22-21(23-2)12-11-16-9-6-10-17-13-18(14-19(21)20(16)17)15-7-4-3-5-8-15/h3-10,18-19H,11-14H2,1-2H3. The summed E-state index contributed by atoms with van der Waals surface area (Å²) >= 11 is 0. The first-order valence-corrected chi connectivity index (χ1v) is 8.53. The van der Waals surface area contributed by atoms with E-state index in [1.165, 1.54) is 22.3 Å². The molecule has 0 amide bonds. The third-order valence-electron chi connectivity index (χ3n) is 5.86. The molecule has 0 spiro atoms. The molecule has 2 unspecified atom stereocenters. The Kier molecular flexibility index (Phi) is 3.74. The summed E-state index contributed by atoms with van der Waals surface area (Å²) in [7, 11) is 3.59. The molecule has 0 saturated heterocycles. The topological polar surface area (TPSA) is 18.5 Å². The number of methoxy groups -OCH3 is 2. The normalized spacial score (nSPS) is 25.0. The Morgan fingerprint density at radius 3 is 2.39 bits per heavy atom. The average molecular weight is 308 g/mol. The molecular weight excluding hydrogens is 284 g/mol.